The summed E-state index contributed by atoms with van der Waals surface area (Å²) in [7, 11) is 0. The molecule has 4 nitrogen and oxygen atoms in total. The average Bonchev–Trinajstić information content (AvgIpc) is 3.14. The van der Waals surface area contributed by atoms with Crippen molar-refractivity contribution < 1.29 is 4.79 Å². The van der Waals surface area contributed by atoms with Gasteiger partial charge in [-0.05, 0) is 31.0 Å². The minimum atomic E-state index is -0.635. The standard InChI is InChI=1S/C23H19BrN2O2S/c1-3-18-19(15-9-11-17(24)12-10-15)20-22(29-18)25-13-26(23(20)28)14(2)21(27)16-7-5-4-6-8-16/h4-14H,3H2,1-2H3. The molecule has 0 N–H and O–H groups in total. The van der Waals surface area contributed by atoms with Crippen molar-refractivity contribution in [3.63, 3.8) is 0 Å². The van der Waals surface area contributed by atoms with Crippen LogP contribution in [-0.2, 0) is 6.42 Å². The van der Waals surface area contributed by atoms with E-state index in [9.17, 15) is 9.59 Å². The Bertz CT molecular complexity index is 1240. The topological polar surface area (TPSA) is 52.0 Å². The van der Waals surface area contributed by atoms with Crippen molar-refractivity contribution in [3.05, 3.63) is 86.2 Å². The molecule has 29 heavy (non-hydrogen) atoms. The second kappa shape index (κ2) is 8.05. The molecule has 0 bridgehead atoms. The molecule has 0 aliphatic rings. The van der Waals surface area contributed by atoms with E-state index in [4.69, 9.17) is 0 Å². The molecule has 0 aliphatic heterocycles. The van der Waals surface area contributed by atoms with Crippen molar-refractivity contribution in [2.75, 3.05) is 0 Å². The van der Waals surface area contributed by atoms with Gasteiger partial charge in [-0.2, -0.15) is 0 Å². The van der Waals surface area contributed by atoms with Crippen LogP contribution in [-0.4, -0.2) is 15.3 Å². The Morgan fingerprint density at radius 3 is 2.48 bits per heavy atom. The van der Waals surface area contributed by atoms with Crippen molar-refractivity contribution in [3.8, 4) is 11.1 Å². The molecule has 0 radical (unpaired) electrons. The van der Waals surface area contributed by atoms with Crippen LogP contribution in [0.15, 0.2) is 70.2 Å². The second-order valence-corrected chi connectivity index (χ2v) is 8.80. The Labute approximate surface area is 181 Å². The Morgan fingerprint density at radius 2 is 1.83 bits per heavy atom. The number of carbonyl (C=O) groups excluding carboxylic acids is 1. The summed E-state index contributed by atoms with van der Waals surface area (Å²) in [5.74, 6) is -0.106. The van der Waals surface area contributed by atoms with Crippen LogP contribution in [0.3, 0.4) is 0 Å². The number of benzene rings is 2. The van der Waals surface area contributed by atoms with Crippen LogP contribution in [0, 0.1) is 0 Å². The molecule has 0 spiro atoms. The van der Waals surface area contributed by atoms with Crippen LogP contribution in [0.4, 0.5) is 0 Å². The molecule has 146 valence electrons. The van der Waals surface area contributed by atoms with Crippen molar-refractivity contribution in [1.29, 1.82) is 0 Å². The van der Waals surface area contributed by atoms with E-state index in [0.717, 1.165) is 26.9 Å². The van der Waals surface area contributed by atoms with Gasteiger partial charge in [-0.1, -0.05) is 65.3 Å². The summed E-state index contributed by atoms with van der Waals surface area (Å²) in [6, 6.07) is 16.3. The third-order valence-corrected chi connectivity index (χ3v) is 6.79. The van der Waals surface area contributed by atoms with Crippen LogP contribution in [0.2, 0.25) is 0 Å². The molecule has 0 fully saturated rings. The van der Waals surface area contributed by atoms with Gasteiger partial charge < -0.3 is 0 Å². The summed E-state index contributed by atoms with van der Waals surface area (Å²) in [4.78, 5) is 32.7. The number of halogens is 1. The van der Waals surface area contributed by atoms with E-state index in [1.165, 1.54) is 10.9 Å². The molecule has 0 aliphatic carbocycles. The highest BCUT2D eigenvalue weighted by atomic mass is 79.9. The third-order valence-electron chi connectivity index (χ3n) is 5.02. The number of thiophene rings is 1. The molecule has 2 heterocycles. The van der Waals surface area contributed by atoms with Gasteiger partial charge in [0.25, 0.3) is 5.56 Å². The fraction of sp³-hybridized carbons (Fsp3) is 0.174. The molecular formula is C23H19BrN2O2S. The summed E-state index contributed by atoms with van der Waals surface area (Å²) < 4.78 is 2.43. The van der Waals surface area contributed by atoms with E-state index in [1.807, 2.05) is 42.5 Å². The number of fused-ring (bicyclic) bond motifs is 1. The monoisotopic (exact) mass is 466 g/mol. The van der Waals surface area contributed by atoms with Gasteiger partial charge in [0.2, 0.25) is 0 Å². The van der Waals surface area contributed by atoms with Gasteiger partial charge in [0, 0.05) is 20.5 Å². The molecule has 0 saturated carbocycles. The van der Waals surface area contributed by atoms with E-state index in [0.29, 0.717) is 15.8 Å². The van der Waals surface area contributed by atoms with E-state index in [1.54, 1.807) is 30.4 Å². The Balaban J connectivity index is 1.89. The molecule has 2 aromatic heterocycles. The highest BCUT2D eigenvalue weighted by Gasteiger charge is 2.23. The highest BCUT2D eigenvalue weighted by molar-refractivity contribution is 9.10. The predicted octanol–water partition coefficient (Wildman–Crippen LogP) is 5.89. The maximum Gasteiger partial charge on any atom is 0.263 e. The zero-order valence-corrected chi connectivity index (χ0v) is 18.5. The van der Waals surface area contributed by atoms with Crippen LogP contribution < -0.4 is 5.56 Å². The van der Waals surface area contributed by atoms with Gasteiger partial charge in [0.15, 0.2) is 5.78 Å². The first-order chi connectivity index (χ1) is 14.0. The Hall–Kier alpha value is -2.57. The normalized spacial score (nSPS) is 12.2. The average molecular weight is 467 g/mol. The zero-order chi connectivity index (χ0) is 20.5. The Kier molecular flexibility index (Phi) is 5.48. The first kappa shape index (κ1) is 19.7. The molecule has 6 heteroatoms. The maximum atomic E-state index is 13.5. The van der Waals surface area contributed by atoms with Gasteiger partial charge in [-0.3, -0.25) is 14.2 Å². The molecule has 0 amide bonds. The first-order valence-corrected chi connectivity index (χ1v) is 11.0. The predicted molar refractivity (Wildman–Crippen MR) is 122 cm³/mol. The van der Waals surface area contributed by atoms with E-state index < -0.39 is 6.04 Å². The lowest BCUT2D eigenvalue weighted by molar-refractivity contribution is 0.0932. The number of aromatic nitrogens is 2. The van der Waals surface area contributed by atoms with E-state index in [2.05, 4.69) is 27.8 Å². The SMILES string of the molecule is CCc1sc2ncn(C(C)C(=O)c3ccccc3)c(=O)c2c1-c1ccc(Br)cc1. The number of ketones is 1. The first-order valence-electron chi connectivity index (χ1n) is 9.39. The minimum absolute atomic E-state index is 0.106. The molecule has 2 aromatic carbocycles. The summed E-state index contributed by atoms with van der Waals surface area (Å²) in [5, 5.41) is 0.587. The van der Waals surface area contributed by atoms with Gasteiger partial charge in [-0.15, -0.1) is 11.3 Å². The lowest BCUT2D eigenvalue weighted by Gasteiger charge is -2.14. The van der Waals surface area contributed by atoms with Crippen molar-refractivity contribution in [1.82, 2.24) is 9.55 Å². The summed E-state index contributed by atoms with van der Waals surface area (Å²) in [6.45, 7) is 3.82. The second-order valence-electron chi connectivity index (χ2n) is 6.80. The van der Waals surface area contributed by atoms with Crippen molar-refractivity contribution in [2.24, 2.45) is 0 Å². The van der Waals surface area contributed by atoms with Crippen LogP contribution >= 0.6 is 27.3 Å². The van der Waals surface area contributed by atoms with Crippen LogP contribution in [0.5, 0.6) is 0 Å². The number of nitrogens with zero attached hydrogens (tertiary/aromatic N) is 2. The molecule has 4 aromatic rings. The lowest BCUT2D eigenvalue weighted by Crippen LogP contribution is -2.28. The molecule has 4 rings (SSSR count). The molecule has 1 atom stereocenters. The number of hydrogen-bond acceptors (Lipinski definition) is 4. The highest BCUT2D eigenvalue weighted by Crippen LogP contribution is 2.37. The Morgan fingerprint density at radius 1 is 1.14 bits per heavy atom. The van der Waals surface area contributed by atoms with Gasteiger partial charge in [0.05, 0.1) is 17.8 Å². The van der Waals surface area contributed by atoms with Crippen molar-refractivity contribution >= 4 is 43.3 Å². The van der Waals surface area contributed by atoms with Gasteiger partial charge >= 0.3 is 0 Å². The molecular weight excluding hydrogens is 448 g/mol. The fourth-order valence-electron chi connectivity index (χ4n) is 3.47. The summed E-state index contributed by atoms with van der Waals surface area (Å²) in [6.07, 6.45) is 2.31. The number of Topliss-reactive ketones (excluding diaryl/α,β-unsaturated/α-hetero) is 1. The summed E-state index contributed by atoms with van der Waals surface area (Å²) >= 11 is 5.01. The fourth-order valence-corrected chi connectivity index (χ4v) is 4.82. The smallest absolute Gasteiger partial charge is 0.263 e. The van der Waals surface area contributed by atoms with E-state index in [-0.39, 0.29) is 11.3 Å². The largest absolute Gasteiger partial charge is 0.292 e. The number of aryl methyl sites for hydroxylation is 1. The van der Waals surface area contributed by atoms with Gasteiger partial charge in [0.1, 0.15) is 4.83 Å². The number of carbonyl (C=O) groups is 1. The molecule has 1 unspecified atom stereocenters. The summed E-state index contributed by atoms with van der Waals surface area (Å²) in [5.41, 5.74) is 2.31. The zero-order valence-electron chi connectivity index (χ0n) is 16.1. The van der Waals surface area contributed by atoms with Crippen LogP contribution in [0.1, 0.15) is 35.1 Å². The van der Waals surface area contributed by atoms with Gasteiger partial charge in [-0.25, -0.2) is 4.98 Å². The lowest BCUT2D eigenvalue weighted by atomic mass is 10.0. The number of rotatable bonds is 5. The minimum Gasteiger partial charge on any atom is -0.292 e. The quantitative estimate of drug-likeness (QED) is 0.344. The van der Waals surface area contributed by atoms with Crippen LogP contribution in [0.25, 0.3) is 21.3 Å². The third kappa shape index (κ3) is 3.58. The molecule has 0 saturated heterocycles. The van der Waals surface area contributed by atoms with Crippen molar-refractivity contribution in [2.45, 2.75) is 26.3 Å². The van der Waals surface area contributed by atoms with E-state index >= 15 is 0 Å². The number of hydrogen-bond donors (Lipinski definition) is 0. The maximum absolute atomic E-state index is 13.5.